The van der Waals surface area contributed by atoms with E-state index < -0.39 is 0 Å². The van der Waals surface area contributed by atoms with Gasteiger partial charge in [0.15, 0.2) is 0 Å². The third-order valence-corrected chi connectivity index (χ3v) is 2.45. The van der Waals surface area contributed by atoms with Crippen LogP contribution in [-0.4, -0.2) is 37.1 Å². The Morgan fingerprint density at radius 2 is 2.38 bits per heavy atom. The van der Waals surface area contributed by atoms with E-state index in [0.29, 0.717) is 19.5 Å². The smallest absolute Gasteiger partial charge is 0.223 e. The van der Waals surface area contributed by atoms with Crippen molar-refractivity contribution in [2.24, 2.45) is 11.7 Å². The van der Waals surface area contributed by atoms with E-state index in [1.807, 2.05) is 0 Å². The van der Waals surface area contributed by atoms with E-state index >= 15 is 0 Å². The maximum absolute atomic E-state index is 12.3. The maximum Gasteiger partial charge on any atom is 0.223 e. The highest BCUT2D eigenvalue weighted by atomic mass is 19.1. The van der Waals surface area contributed by atoms with Crippen molar-refractivity contribution in [2.45, 2.75) is 19.3 Å². The summed E-state index contributed by atoms with van der Waals surface area (Å²) >= 11 is 0. The summed E-state index contributed by atoms with van der Waals surface area (Å²) in [6.07, 6.45) is 2.22. The molecular weight excluding hydrogens is 171 g/mol. The standard InChI is InChI=1S/C9H17FN2O/c10-6-8-2-1-5-12(7-8)9(13)3-4-11/h8H,1-7,11H2/t8-/m1/s1. The van der Waals surface area contributed by atoms with Crippen molar-refractivity contribution >= 4 is 5.91 Å². The van der Waals surface area contributed by atoms with E-state index in [-0.39, 0.29) is 18.5 Å². The minimum atomic E-state index is -0.313. The summed E-state index contributed by atoms with van der Waals surface area (Å²) in [6.45, 7) is 1.42. The number of carbonyl (C=O) groups excluding carboxylic acids is 1. The zero-order valence-corrected chi connectivity index (χ0v) is 7.84. The fourth-order valence-electron chi connectivity index (χ4n) is 1.70. The number of halogens is 1. The SMILES string of the molecule is NCCC(=O)N1CCC[C@H](CF)C1. The third-order valence-electron chi connectivity index (χ3n) is 2.45. The quantitative estimate of drug-likeness (QED) is 0.702. The highest BCUT2D eigenvalue weighted by Crippen LogP contribution is 2.17. The lowest BCUT2D eigenvalue weighted by atomic mass is 9.99. The van der Waals surface area contributed by atoms with Gasteiger partial charge in [0.05, 0.1) is 6.67 Å². The highest BCUT2D eigenvalue weighted by Gasteiger charge is 2.22. The number of alkyl halides is 1. The number of nitrogens with zero attached hydrogens (tertiary/aromatic N) is 1. The molecule has 0 radical (unpaired) electrons. The zero-order valence-electron chi connectivity index (χ0n) is 7.84. The molecule has 0 aliphatic carbocycles. The van der Waals surface area contributed by atoms with Crippen LogP contribution in [0.4, 0.5) is 4.39 Å². The van der Waals surface area contributed by atoms with Crippen molar-refractivity contribution in [1.29, 1.82) is 0 Å². The molecule has 76 valence electrons. The molecule has 1 aliphatic heterocycles. The van der Waals surface area contributed by atoms with Gasteiger partial charge < -0.3 is 10.6 Å². The molecule has 4 heteroatoms. The summed E-state index contributed by atoms with van der Waals surface area (Å²) in [7, 11) is 0. The minimum Gasteiger partial charge on any atom is -0.342 e. The zero-order chi connectivity index (χ0) is 9.68. The number of amides is 1. The van der Waals surface area contributed by atoms with Crippen molar-refractivity contribution in [3.05, 3.63) is 0 Å². The Morgan fingerprint density at radius 1 is 1.62 bits per heavy atom. The molecule has 0 bridgehead atoms. The van der Waals surface area contributed by atoms with Gasteiger partial charge in [-0.25, -0.2) is 0 Å². The second-order valence-corrected chi connectivity index (χ2v) is 3.54. The molecule has 1 rings (SSSR count). The summed E-state index contributed by atoms with van der Waals surface area (Å²) in [5.74, 6) is 0.121. The van der Waals surface area contributed by atoms with Gasteiger partial charge in [0.25, 0.3) is 0 Å². The average Bonchev–Trinajstić information content (AvgIpc) is 2.18. The number of hydrogen-bond donors (Lipinski definition) is 1. The molecule has 13 heavy (non-hydrogen) atoms. The first-order valence-corrected chi connectivity index (χ1v) is 4.81. The van der Waals surface area contributed by atoms with Crippen LogP contribution in [0.2, 0.25) is 0 Å². The molecule has 2 N–H and O–H groups in total. The molecule has 1 saturated heterocycles. The molecule has 1 atom stereocenters. The Labute approximate surface area is 78.1 Å². The first-order valence-electron chi connectivity index (χ1n) is 4.81. The lowest BCUT2D eigenvalue weighted by Gasteiger charge is -2.31. The predicted molar refractivity (Wildman–Crippen MR) is 49.0 cm³/mol. The topological polar surface area (TPSA) is 46.3 Å². The van der Waals surface area contributed by atoms with Crippen molar-refractivity contribution < 1.29 is 9.18 Å². The maximum atomic E-state index is 12.3. The van der Waals surface area contributed by atoms with Gasteiger partial charge in [0, 0.05) is 32.0 Å². The van der Waals surface area contributed by atoms with Gasteiger partial charge in [-0.1, -0.05) is 0 Å². The van der Waals surface area contributed by atoms with Crippen LogP contribution in [0.5, 0.6) is 0 Å². The normalized spacial score (nSPS) is 23.2. The van der Waals surface area contributed by atoms with Crippen molar-refractivity contribution in [3.63, 3.8) is 0 Å². The van der Waals surface area contributed by atoms with E-state index in [1.54, 1.807) is 4.90 Å². The molecule has 0 aromatic carbocycles. The Balaban J connectivity index is 2.37. The van der Waals surface area contributed by atoms with Gasteiger partial charge in [0.2, 0.25) is 5.91 Å². The van der Waals surface area contributed by atoms with Gasteiger partial charge in [-0.2, -0.15) is 0 Å². The molecule has 1 amide bonds. The van der Waals surface area contributed by atoms with Gasteiger partial charge in [0.1, 0.15) is 0 Å². The van der Waals surface area contributed by atoms with Gasteiger partial charge in [-0.05, 0) is 12.8 Å². The van der Waals surface area contributed by atoms with Crippen LogP contribution in [0.25, 0.3) is 0 Å². The van der Waals surface area contributed by atoms with Crippen LogP contribution in [0.3, 0.4) is 0 Å². The van der Waals surface area contributed by atoms with Crippen LogP contribution in [0.15, 0.2) is 0 Å². The summed E-state index contributed by atoms with van der Waals surface area (Å²) in [6, 6.07) is 0. The van der Waals surface area contributed by atoms with Crippen LogP contribution < -0.4 is 5.73 Å². The summed E-state index contributed by atoms with van der Waals surface area (Å²) in [5, 5.41) is 0. The van der Waals surface area contributed by atoms with E-state index in [1.165, 1.54) is 0 Å². The lowest BCUT2D eigenvalue weighted by Crippen LogP contribution is -2.41. The summed E-state index contributed by atoms with van der Waals surface area (Å²) in [5.41, 5.74) is 5.28. The fourth-order valence-corrected chi connectivity index (χ4v) is 1.70. The number of likely N-dealkylation sites (tertiary alicyclic amines) is 1. The largest absolute Gasteiger partial charge is 0.342 e. The molecule has 1 heterocycles. The number of rotatable bonds is 3. The number of hydrogen-bond acceptors (Lipinski definition) is 2. The molecule has 0 aromatic rings. The van der Waals surface area contributed by atoms with Gasteiger partial charge >= 0.3 is 0 Å². The fraction of sp³-hybridized carbons (Fsp3) is 0.889. The molecule has 3 nitrogen and oxygen atoms in total. The number of nitrogens with two attached hydrogens (primary N) is 1. The molecule has 1 fully saturated rings. The van der Waals surface area contributed by atoms with E-state index in [4.69, 9.17) is 5.73 Å². The van der Waals surface area contributed by atoms with Crippen molar-refractivity contribution in [2.75, 3.05) is 26.3 Å². The molecule has 0 aromatic heterocycles. The van der Waals surface area contributed by atoms with Crippen molar-refractivity contribution in [3.8, 4) is 0 Å². The number of carbonyl (C=O) groups is 1. The molecule has 1 aliphatic rings. The monoisotopic (exact) mass is 188 g/mol. The molecule has 0 spiro atoms. The third kappa shape index (κ3) is 2.95. The Morgan fingerprint density at radius 3 is 3.00 bits per heavy atom. The first kappa shape index (κ1) is 10.4. The second kappa shape index (κ2) is 5.17. The lowest BCUT2D eigenvalue weighted by molar-refractivity contribution is -0.132. The van der Waals surface area contributed by atoms with Crippen molar-refractivity contribution in [1.82, 2.24) is 4.90 Å². The average molecular weight is 188 g/mol. The molecule has 0 saturated carbocycles. The molecular formula is C9H17FN2O. The van der Waals surface area contributed by atoms with Gasteiger partial charge in [-0.3, -0.25) is 9.18 Å². The van der Waals surface area contributed by atoms with E-state index in [0.717, 1.165) is 19.4 Å². The first-order chi connectivity index (χ1) is 6.27. The minimum absolute atomic E-state index is 0.0514. The summed E-state index contributed by atoms with van der Waals surface area (Å²) in [4.78, 5) is 13.1. The Bertz CT molecular complexity index is 175. The van der Waals surface area contributed by atoms with Gasteiger partial charge in [-0.15, -0.1) is 0 Å². The van der Waals surface area contributed by atoms with Crippen LogP contribution in [-0.2, 0) is 4.79 Å². The van der Waals surface area contributed by atoms with Crippen LogP contribution >= 0.6 is 0 Å². The highest BCUT2D eigenvalue weighted by molar-refractivity contribution is 5.76. The van der Waals surface area contributed by atoms with Crippen LogP contribution in [0, 0.1) is 5.92 Å². The second-order valence-electron chi connectivity index (χ2n) is 3.54. The van der Waals surface area contributed by atoms with Crippen LogP contribution in [0.1, 0.15) is 19.3 Å². The van der Waals surface area contributed by atoms with E-state index in [2.05, 4.69) is 0 Å². The number of piperidine rings is 1. The predicted octanol–water partition coefficient (Wildman–Crippen LogP) is 0.543. The van der Waals surface area contributed by atoms with E-state index in [9.17, 15) is 9.18 Å². The Hall–Kier alpha value is -0.640. The Kier molecular flexibility index (Phi) is 4.15. The molecule has 0 unspecified atom stereocenters. The summed E-state index contributed by atoms with van der Waals surface area (Å²) < 4.78 is 12.3.